The number of rotatable bonds is 10. The van der Waals surface area contributed by atoms with E-state index in [0.29, 0.717) is 30.8 Å². The summed E-state index contributed by atoms with van der Waals surface area (Å²) < 4.78 is 12.0. The van der Waals surface area contributed by atoms with Gasteiger partial charge in [-0.25, -0.2) is 14.6 Å². The lowest BCUT2D eigenvalue weighted by molar-refractivity contribution is -0.849. The highest BCUT2D eigenvalue weighted by atomic mass is 16.7. The fourth-order valence-electron chi connectivity index (χ4n) is 7.43. The third-order valence-corrected chi connectivity index (χ3v) is 9.84. The lowest BCUT2D eigenvalue weighted by Crippen LogP contribution is -2.78. The molecule has 3 aliphatic rings. The number of aliphatic hydroxyl groups is 1. The van der Waals surface area contributed by atoms with Crippen LogP contribution in [0.3, 0.4) is 0 Å². The molecule has 13 heteroatoms. The maximum atomic E-state index is 14.3. The largest absolute Gasteiger partial charge is 0.606 e. The predicted octanol–water partition coefficient (Wildman–Crippen LogP) is 1.83. The number of nitrogens with zero attached hydrogens (tertiary/aromatic N) is 3. The minimum atomic E-state index is -2.74. The number of piperazine rings is 1. The van der Waals surface area contributed by atoms with Crippen molar-refractivity contribution in [2.45, 2.75) is 50.4 Å². The van der Waals surface area contributed by atoms with Crippen LogP contribution in [-0.2, 0) is 23.7 Å². The van der Waals surface area contributed by atoms with Crippen molar-refractivity contribution in [1.29, 1.82) is 0 Å². The molecule has 12 nitrogen and oxygen atoms in total. The average Bonchev–Trinajstić information content (AvgIpc) is 3.42. The zero-order valence-electron chi connectivity index (χ0n) is 26.9. The summed E-state index contributed by atoms with van der Waals surface area (Å²) in [6.07, 6.45) is -1.15. The molecule has 0 radical (unpaired) electrons. The van der Waals surface area contributed by atoms with Crippen molar-refractivity contribution in [2.75, 3.05) is 27.2 Å². The highest BCUT2D eigenvalue weighted by Gasteiger charge is 2.77. The third-order valence-electron chi connectivity index (χ3n) is 9.84. The molecule has 2 amide bonds. The standard InChI is InChI=1S/C34H40BN5O7/c1-21(2)18-28(35-40(4)26(33(44)46-35)19-39(3)20-27(40)34(45)47-35)37-32(43)29(30(41)23-14-9-6-10-15-23)38-31(42)25-17-11-16-24(36-25)22-12-7-5-8-13-22/h5-17,21,26-30,41H,18-20H2,1-4H3,(H,37,43)(H,38,42)/t26-,27-,28+,29+,30-,35?,40?/m1/s1. The van der Waals surface area contributed by atoms with E-state index in [1.54, 1.807) is 49.5 Å². The Bertz CT molecular complexity index is 1650. The van der Waals surface area contributed by atoms with Gasteiger partial charge in [0.2, 0.25) is 5.91 Å². The predicted molar refractivity (Wildman–Crippen MR) is 173 cm³/mol. The van der Waals surface area contributed by atoms with Crippen LogP contribution in [0.25, 0.3) is 11.3 Å². The molecular formula is C34H40BN5O7. The monoisotopic (exact) mass is 641 g/mol. The van der Waals surface area contributed by atoms with Crippen molar-refractivity contribution >= 4 is 30.4 Å². The van der Waals surface area contributed by atoms with E-state index in [4.69, 9.17) is 9.31 Å². The van der Waals surface area contributed by atoms with Crippen LogP contribution < -0.4 is 10.6 Å². The molecule has 0 bridgehead atoms. The summed E-state index contributed by atoms with van der Waals surface area (Å²) >= 11 is 0. The van der Waals surface area contributed by atoms with Crippen LogP contribution in [0.4, 0.5) is 0 Å². The molecule has 4 heterocycles. The number of amides is 2. The Hall–Kier alpha value is -4.59. The molecule has 3 saturated heterocycles. The van der Waals surface area contributed by atoms with Gasteiger partial charge in [-0.1, -0.05) is 80.6 Å². The second-order valence-electron chi connectivity index (χ2n) is 13.4. The summed E-state index contributed by atoms with van der Waals surface area (Å²) in [5.41, 5.74) is 1.84. The third kappa shape index (κ3) is 5.68. The average molecular weight is 642 g/mol. The van der Waals surface area contributed by atoms with Gasteiger partial charge in [0.05, 0.1) is 24.7 Å². The number of aromatic nitrogens is 1. The van der Waals surface area contributed by atoms with E-state index in [9.17, 15) is 24.3 Å². The highest BCUT2D eigenvalue weighted by Crippen LogP contribution is 2.47. The van der Waals surface area contributed by atoms with Crippen molar-refractivity contribution in [1.82, 2.24) is 20.5 Å². The van der Waals surface area contributed by atoms with Crippen LogP contribution in [0.2, 0.25) is 0 Å². The van der Waals surface area contributed by atoms with Crippen LogP contribution in [0.5, 0.6) is 0 Å². The van der Waals surface area contributed by atoms with Gasteiger partial charge >= 0.3 is 18.6 Å². The van der Waals surface area contributed by atoms with Crippen molar-refractivity contribution < 1.29 is 38.0 Å². The number of nitrogens with one attached hydrogen (secondary N) is 2. The first-order valence-corrected chi connectivity index (χ1v) is 16.0. The number of hydrogen-bond donors (Lipinski definition) is 3. The Morgan fingerprint density at radius 2 is 1.53 bits per heavy atom. The minimum Gasteiger partial charge on any atom is -0.599 e. The maximum Gasteiger partial charge on any atom is 0.606 e. The molecule has 3 aliphatic heterocycles. The molecule has 0 aliphatic carbocycles. The van der Waals surface area contributed by atoms with E-state index >= 15 is 0 Å². The normalized spacial score (nSPS) is 26.9. The summed E-state index contributed by atoms with van der Waals surface area (Å²) in [6.45, 7) is 1.89. The lowest BCUT2D eigenvalue weighted by atomic mass is 9.56. The topological polar surface area (TPSA) is 147 Å². The van der Waals surface area contributed by atoms with Gasteiger partial charge in [-0.3, -0.25) is 14.5 Å². The van der Waals surface area contributed by atoms with Crippen molar-refractivity contribution in [2.24, 2.45) is 5.92 Å². The van der Waals surface area contributed by atoms with Crippen molar-refractivity contribution in [3.05, 3.63) is 90.1 Å². The number of quaternary nitrogens is 1. The first-order valence-electron chi connectivity index (χ1n) is 16.0. The molecule has 0 saturated carbocycles. The van der Waals surface area contributed by atoms with Crippen molar-refractivity contribution in [3.8, 4) is 11.3 Å². The number of carbonyl (C=O) groups excluding carboxylic acids is 4. The quantitative estimate of drug-likeness (QED) is 0.282. The van der Waals surface area contributed by atoms with Crippen LogP contribution in [0.1, 0.15) is 42.4 Å². The molecule has 246 valence electrons. The molecule has 3 N–H and O–H groups in total. The van der Waals surface area contributed by atoms with E-state index < -0.39 is 60.6 Å². The number of benzene rings is 2. The van der Waals surface area contributed by atoms with Crippen LogP contribution >= 0.6 is 0 Å². The SMILES string of the molecule is CC(C)C[C@H](NC(=O)[C@@H](NC(=O)c1cccc(-c2ccccc2)n1)[C@H](O)c1ccccc1)[B-]12OC(=O)[C@H]3CN(C)C[C@H](C(=O)O1)[N+]32C. The number of pyridine rings is 1. The Labute approximate surface area is 273 Å². The van der Waals surface area contributed by atoms with Gasteiger partial charge in [-0.15, -0.1) is 0 Å². The molecule has 6 rings (SSSR count). The molecule has 0 spiro atoms. The number of hydrogen-bond acceptors (Lipinski definition) is 9. The second kappa shape index (κ2) is 12.6. The molecule has 1 aromatic heterocycles. The fraction of sp³-hybridized carbons (Fsp3) is 0.382. The van der Waals surface area contributed by atoms with Crippen LogP contribution in [0, 0.1) is 5.92 Å². The van der Waals surface area contributed by atoms with Gasteiger partial charge in [0.1, 0.15) is 17.8 Å². The van der Waals surface area contributed by atoms with Crippen LogP contribution in [-0.4, -0.2) is 101 Å². The summed E-state index contributed by atoms with van der Waals surface area (Å²) in [5, 5.41) is 17.2. The van der Waals surface area contributed by atoms with E-state index in [0.717, 1.165) is 5.56 Å². The summed E-state index contributed by atoms with van der Waals surface area (Å²) in [4.78, 5) is 61.1. The first-order chi connectivity index (χ1) is 22.4. The molecule has 47 heavy (non-hydrogen) atoms. The number of aliphatic hydroxyl groups excluding tert-OH is 1. The maximum absolute atomic E-state index is 14.3. The van der Waals surface area contributed by atoms with Gasteiger partial charge in [0, 0.05) is 12.6 Å². The van der Waals surface area contributed by atoms with Crippen LogP contribution in [0.15, 0.2) is 78.9 Å². The van der Waals surface area contributed by atoms with Gasteiger partial charge < -0.3 is 29.4 Å². The zero-order valence-corrected chi connectivity index (χ0v) is 26.9. The Morgan fingerprint density at radius 1 is 0.936 bits per heavy atom. The fourth-order valence-corrected chi connectivity index (χ4v) is 7.43. The summed E-state index contributed by atoms with van der Waals surface area (Å²) in [7, 11) is 3.63. The first kappa shape index (κ1) is 32.4. The Balaban J connectivity index is 1.33. The minimum absolute atomic E-state index is 0.0110. The van der Waals surface area contributed by atoms with E-state index in [1.165, 1.54) is 6.07 Å². The molecule has 0 unspecified atom stereocenters. The van der Waals surface area contributed by atoms with Crippen molar-refractivity contribution in [3.63, 3.8) is 0 Å². The molecule has 3 fully saturated rings. The molecule has 2 aromatic carbocycles. The van der Waals surface area contributed by atoms with E-state index in [2.05, 4.69) is 15.6 Å². The Morgan fingerprint density at radius 3 is 2.13 bits per heavy atom. The highest BCUT2D eigenvalue weighted by molar-refractivity contribution is 6.68. The smallest absolute Gasteiger partial charge is 0.599 e. The van der Waals surface area contributed by atoms with E-state index in [1.807, 2.05) is 56.1 Å². The van der Waals surface area contributed by atoms with Gasteiger partial charge in [-0.05, 0) is 37.1 Å². The number of likely N-dealkylation sites (N-methyl/N-ethyl adjacent to an activating group) is 2. The number of carbonyl (C=O) groups is 4. The molecule has 5 atom stereocenters. The Kier molecular flexibility index (Phi) is 8.64. The zero-order chi connectivity index (χ0) is 33.5. The van der Waals surface area contributed by atoms with Gasteiger partial charge in [0.25, 0.3) is 5.91 Å². The summed E-state index contributed by atoms with van der Waals surface area (Å²) in [5.74, 6) is -3.31. The second-order valence-corrected chi connectivity index (χ2v) is 13.4. The van der Waals surface area contributed by atoms with Gasteiger partial charge in [0.15, 0.2) is 12.1 Å². The van der Waals surface area contributed by atoms with E-state index in [-0.39, 0.29) is 16.0 Å². The summed E-state index contributed by atoms with van der Waals surface area (Å²) in [6, 6.07) is 20.1. The van der Waals surface area contributed by atoms with Gasteiger partial charge in [-0.2, -0.15) is 0 Å². The molecular weight excluding hydrogens is 601 g/mol. The lowest BCUT2D eigenvalue weighted by Gasteiger charge is -2.53. The molecule has 3 aromatic rings.